The van der Waals surface area contributed by atoms with Crippen LogP contribution in [0.15, 0.2) is 48.7 Å². The van der Waals surface area contributed by atoms with Crippen LogP contribution in [0.4, 0.5) is 10.6 Å². The van der Waals surface area contributed by atoms with Crippen LogP contribution in [0.3, 0.4) is 0 Å². The van der Waals surface area contributed by atoms with Gasteiger partial charge in [-0.05, 0) is 42.5 Å². The summed E-state index contributed by atoms with van der Waals surface area (Å²) in [7, 11) is 0. The first-order valence-corrected chi connectivity index (χ1v) is 10.1. The van der Waals surface area contributed by atoms with Gasteiger partial charge in [-0.15, -0.1) is 0 Å². The van der Waals surface area contributed by atoms with Crippen molar-refractivity contribution in [1.29, 1.82) is 0 Å². The Morgan fingerprint density at radius 1 is 1.20 bits per heavy atom. The fourth-order valence-corrected chi connectivity index (χ4v) is 4.42. The van der Waals surface area contributed by atoms with Gasteiger partial charge in [0.2, 0.25) is 5.91 Å². The lowest BCUT2D eigenvalue weighted by Gasteiger charge is -2.46. The molecule has 30 heavy (non-hydrogen) atoms. The Kier molecular flexibility index (Phi) is 5.39. The van der Waals surface area contributed by atoms with Crippen LogP contribution in [0, 0.1) is 5.92 Å². The molecule has 0 bridgehead atoms. The summed E-state index contributed by atoms with van der Waals surface area (Å²) >= 11 is 0. The molecule has 1 aromatic heterocycles. The van der Waals surface area contributed by atoms with Gasteiger partial charge in [-0.2, -0.15) is 0 Å². The summed E-state index contributed by atoms with van der Waals surface area (Å²) in [5.41, 5.74) is 7.54. The minimum absolute atomic E-state index is 0.180. The number of piperidine rings is 1. The predicted octanol–water partition coefficient (Wildman–Crippen LogP) is 2.12. The van der Waals surface area contributed by atoms with Gasteiger partial charge in [0.05, 0.1) is 5.92 Å². The van der Waals surface area contributed by atoms with E-state index in [4.69, 9.17) is 5.73 Å². The van der Waals surface area contributed by atoms with Crippen LogP contribution >= 0.6 is 0 Å². The molecule has 2 aliphatic rings. The van der Waals surface area contributed by atoms with Crippen molar-refractivity contribution in [2.45, 2.75) is 31.2 Å². The fraction of sp³-hybridized carbons (Fsp3) is 0.364. The summed E-state index contributed by atoms with van der Waals surface area (Å²) in [5, 5.41) is 9.70. The molecule has 0 radical (unpaired) electrons. The second-order valence-corrected chi connectivity index (χ2v) is 7.87. The third-order valence-electron chi connectivity index (χ3n) is 5.94. The number of carboxylic acid groups (broad SMARTS) is 1. The number of carbonyl (C=O) groups is 3. The zero-order valence-electron chi connectivity index (χ0n) is 16.5. The van der Waals surface area contributed by atoms with Crippen LogP contribution in [0.1, 0.15) is 29.9 Å². The van der Waals surface area contributed by atoms with Crippen LogP contribution in [0.2, 0.25) is 0 Å². The molecule has 3 atom stereocenters. The lowest BCUT2D eigenvalue weighted by Crippen LogP contribution is -2.69. The Morgan fingerprint density at radius 3 is 2.67 bits per heavy atom. The molecule has 8 nitrogen and oxygen atoms in total. The fourth-order valence-electron chi connectivity index (χ4n) is 4.42. The first-order chi connectivity index (χ1) is 14.5. The quantitative estimate of drug-likeness (QED) is 0.749. The third kappa shape index (κ3) is 3.72. The van der Waals surface area contributed by atoms with Gasteiger partial charge in [0.15, 0.2) is 6.04 Å². The number of nitrogen functional groups attached to an aromatic ring is 1. The summed E-state index contributed by atoms with van der Waals surface area (Å²) in [4.78, 5) is 44.1. The van der Waals surface area contributed by atoms with Gasteiger partial charge >= 0.3 is 12.0 Å². The van der Waals surface area contributed by atoms with Crippen molar-refractivity contribution in [1.82, 2.24) is 14.8 Å². The average molecular weight is 408 g/mol. The molecule has 2 aromatic rings. The summed E-state index contributed by atoms with van der Waals surface area (Å²) in [6.45, 7) is 0.994. The minimum atomic E-state index is -1.17. The molecule has 3 heterocycles. The SMILES string of the molecule is Nc1cc(C[C@H]2C(=O)N(C(=O)N3CCC[C@H](c4ccccc4)C3)[C@@H]2C(=O)O)ccn1. The molecule has 2 fully saturated rings. The number of hydrogen-bond acceptors (Lipinski definition) is 5. The van der Waals surface area contributed by atoms with Gasteiger partial charge in [0.1, 0.15) is 5.82 Å². The van der Waals surface area contributed by atoms with Crippen LogP contribution in [-0.2, 0) is 16.0 Å². The van der Waals surface area contributed by atoms with Gasteiger partial charge in [-0.25, -0.2) is 19.5 Å². The number of carbonyl (C=O) groups excluding carboxylic acids is 2. The highest BCUT2D eigenvalue weighted by Gasteiger charge is 2.55. The molecule has 1 aromatic carbocycles. The molecule has 2 aliphatic heterocycles. The molecule has 0 unspecified atom stereocenters. The number of imide groups is 1. The van der Waals surface area contributed by atoms with Crippen LogP contribution in [0.5, 0.6) is 0 Å². The van der Waals surface area contributed by atoms with Crippen LogP contribution in [0.25, 0.3) is 0 Å². The van der Waals surface area contributed by atoms with E-state index < -0.39 is 29.9 Å². The second-order valence-electron chi connectivity index (χ2n) is 7.87. The van der Waals surface area contributed by atoms with Gasteiger partial charge < -0.3 is 15.7 Å². The molecular formula is C22H24N4O4. The second kappa shape index (κ2) is 8.14. The number of nitrogens with two attached hydrogens (primary N) is 1. The highest BCUT2D eigenvalue weighted by atomic mass is 16.4. The Balaban J connectivity index is 1.48. The van der Waals surface area contributed by atoms with E-state index in [0.717, 1.165) is 28.9 Å². The minimum Gasteiger partial charge on any atom is -0.480 e. The Bertz CT molecular complexity index is 965. The molecule has 0 spiro atoms. The summed E-state index contributed by atoms with van der Waals surface area (Å²) in [6, 6.07) is 11.6. The zero-order valence-corrected chi connectivity index (χ0v) is 16.5. The number of carboxylic acids is 1. The molecular weight excluding hydrogens is 384 g/mol. The molecule has 8 heteroatoms. The van der Waals surface area contributed by atoms with E-state index in [0.29, 0.717) is 18.9 Å². The Labute approximate surface area is 174 Å². The van der Waals surface area contributed by atoms with Crippen LogP contribution in [-0.4, -0.2) is 56.9 Å². The number of nitrogens with zero attached hydrogens (tertiary/aromatic N) is 3. The number of urea groups is 1. The number of hydrogen-bond donors (Lipinski definition) is 2. The predicted molar refractivity (Wildman–Crippen MR) is 109 cm³/mol. The van der Waals surface area contributed by atoms with E-state index in [2.05, 4.69) is 4.98 Å². The lowest BCUT2D eigenvalue weighted by molar-refractivity contribution is -0.166. The number of rotatable bonds is 4. The van der Waals surface area contributed by atoms with Gasteiger partial charge in [0.25, 0.3) is 0 Å². The third-order valence-corrected chi connectivity index (χ3v) is 5.94. The smallest absolute Gasteiger partial charge is 0.327 e. The molecule has 4 rings (SSSR count). The molecule has 3 N–H and O–H groups in total. The molecule has 3 amide bonds. The number of benzene rings is 1. The molecule has 2 saturated heterocycles. The van der Waals surface area contributed by atoms with Crippen molar-refractivity contribution < 1.29 is 19.5 Å². The number of amides is 3. The summed E-state index contributed by atoms with van der Waals surface area (Å²) < 4.78 is 0. The monoisotopic (exact) mass is 408 g/mol. The van der Waals surface area contributed by atoms with E-state index in [1.807, 2.05) is 30.3 Å². The zero-order chi connectivity index (χ0) is 21.3. The number of aromatic nitrogens is 1. The maximum Gasteiger partial charge on any atom is 0.327 e. The largest absolute Gasteiger partial charge is 0.480 e. The maximum absolute atomic E-state index is 13.1. The average Bonchev–Trinajstić information content (AvgIpc) is 2.75. The van der Waals surface area contributed by atoms with Crippen LogP contribution < -0.4 is 5.73 Å². The van der Waals surface area contributed by atoms with E-state index in [9.17, 15) is 19.5 Å². The Hall–Kier alpha value is -3.42. The lowest BCUT2D eigenvalue weighted by atomic mass is 9.82. The molecule has 0 aliphatic carbocycles. The van der Waals surface area contributed by atoms with Crippen molar-refractivity contribution in [3.63, 3.8) is 0 Å². The number of pyridine rings is 1. The summed E-state index contributed by atoms with van der Waals surface area (Å²) in [6.07, 6.45) is 3.49. The topological polar surface area (TPSA) is 117 Å². The van der Waals surface area contributed by atoms with Crippen molar-refractivity contribution in [3.8, 4) is 0 Å². The molecule has 156 valence electrons. The Morgan fingerprint density at radius 2 is 1.97 bits per heavy atom. The van der Waals surface area contributed by atoms with Gasteiger partial charge in [-0.3, -0.25) is 4.79 Å². The van der Waals surface area contributed by atoms with Crippen molar-refractivity contribution >= 4 is 23.7 Å². The van der Waals surface area contributed by atoms with E-state index in [1.165, 1.54) is 6.20 Å². The van der Waals surface area contributed by atoms with E-state index >= 15 is 0 Å². The highest BCUT2D eigenvalue weighted by Crippen LogP contribution is 2.34. The van der Waals surface area contributed by atoms with E-state index in [-0.39, 0.29) is 12.3 Å². The van der Waals surface area contributed by atoms with Crippen molar-refractivity contribution in [2.75, 3.05) is 18.8 Å². The first-order valence-electron chi connectivity index (χ1n) is 10.1. The standard InChI is InChI=1S/C22H24N4O4/c23-18-12-14(8-9-24-18)11-17-19(21(28)29)26(20(17)27)22(30)25-10-4-7-16(13-25)15-5-2-1-3-6-15/h1-3,5-6,8-9,12,16-17,19H,4,7,10-11,13H2,(H2,23,24)(H,28,29)/t16-,17+,19-/m0/s1. The first kappa shape index (κ1) is 19.9. The van der Waals surface area contributed by atoms with Gasteiger partial charge in [0, 0.05) is 25.2 Å². The highest BCUT2D eigenvalue weighted by molar-refractivity contribution is 6.07. The normalized spacial score (nSPS) is 23.7. The number of β-lactam (4-membered cyclic amide) rings is 1. The summed E-state index contributed by atoms with van der Waals surface area (Å²) in [5.74, 6) is -1.93. The number of likely N-dealkylation sites (tertiary alicyclic amines) is 2. The van der Waals surface area contributed by atoms with E-state index in [1.54, 1.807) is 17.0 Å². The molecule has 0 saturated carbocycles. The van der Waals surface area contributed by atoms with Crippen molar-refractivity contribution in [3.05, 3.63) is 59.8 Å². The van der Waals surface area contributed by atoms with Gasteiger partial charge in [-0.1, -0.05) is 30.3 Å². The number of anilines is 1. The number of aliphatic carboxylic acids is 1. The van der Waals surface area contributed by atoms with Crippen molar-refractivity contribution in [2.24, 2.45) is 5.92 Å². The maximum atomic E-state index is 13.1.